The summed E-state index contributed by atoms with van der Waals surface area (Å²) in [5, 5.41) is 0. The van der Waals surface area contributed by atoms with Crippen molar-refractivity contribution >= 4 is 0 Å². The first-order valence-corrected chi connectivity index (χ1v) is 6.19. The van der Waals surface area contributed by atoms with E-state index in [4.69, 9.17) is 15.2 Å². The van der Waals surface area contributed by atoms with E-state index >= 15 is 0 Å². The van der Waals surface area contributed by atoms with E-state index in [-0.39, 0.29) is 17.8 Å². The Labute approximate surface area is 112 Å². The van der Waals surface area contributed by atoms with E-state index in [0.717, 1.165) is 18.2 Å². The summed E-state index contributed by atoms with van der Waals surface area (Å²) in [5.41, 5.74) is 5.65. The van der Waals surface area contributed by atoms with Crippen molar-refractivity contribution < 1.29 is 18.3 Å². The standard InChI is InChI=1S/C14H21F2NO2/c1-14(2,18-3)6-7-19-9-13(17)11-8-10(15)4-5-12(11)16/h4-5,8,13H,6-7,9,17H2,1-3H3. The molecule has 0 amide bonds. The molecule has 0 heterocycles. The Bertz CT molecular complexity index is 410. The van der Waals surface area contributed by atoms with Gasteiger partial charge in [-0.25, -0.2) is 8.78 Å². The number of hydrogen-bond donors (Lipinski definition) is 1. The van der Waals surface area contributed by atoms with Crippen LogP contribution in [0.1, 0.15) is 31.9 Å². The van der Waals surface area contributed by atoms with E-state index in [1.54, 1.807) is 7.11 Å². The average Bonchev–Trinajstić information content (AvgIpc) is 2.37. The summed E-state index contributed by atoms with van der Waals surface area (Å²) in [6, 6.07) is 2.55. The fourth-order valence-corrected chi connectivity index (χ4v) is 1.52. The van der Waals surface area contributed by atoms with Gasteiger partial charge in [0.05, 0.1) is 18.2 Å². The Hall–Kier alpha value is -1.04. The highest BCUT2D eigenvalue weighted by atomic mass is 19.1. The van der Waals surface area contributed by atoms with Gasteiger partial charge in [0.15, 0.2) is 0 Å². The average molecular weight is 273 g/mol. The number of nitrogens with two attached hydrogens (primary N) is 1. The molecule has 108 valence electrons. The molecule has 0 fully saturated rings. The van der Waals surface area contributed by atoms with E-state index in [2.05, 4.69) is 0 Å². The van der Waals surface area contributed by atoms with Gasteiger partial charge < -0.3 is 15.2 Å². The molecule has 3 nitrogen and oxygen atoms in total. The zero-order chi connectivity index (χ0) is 14.5. The summed E-state index contributed by atoms with van der Waals surface area (Å²) in [7, 11) is 1.63. The summed E-state index contributed by atoms with van der Waals surface area (Å²) in [5.74, 6) is -1.03. The molecule has 0 spiro atoms. The van der Waals surface area contributed by atoms with Crippen LogP contribution < -0.4 is 5.73 Å². The lowest BCUT2D eigenvalue weighted by Gasteiger charge is -2.23. The van der Waals surface area contributed by atoms with Crippen LogP contribution in [0.4, 0.5) is 8.78 Å². The molecule has 0 aliphatic heterocycles. The molecule has 1 atom stereocenters. The number of halogens is 2. The quantitative estimate of drug-likeness (QED) is 0.777. The third-order valence-corrected chi connectivity index (χ3v) is 3.06. The minimum absolute atomic E-state index is 0.131. The second kappa shape index (κ2) is 6.93. The SMILES string of the molecule is COC(C)(C)CCOCC(N)c1cc(F)ccc1F. The van der Waals surface area contributed by atoms with Crippen LogP contribution in [0.2, 0.25) is 0 Å². The van der Waals surface area contributed by atoms with Crippen LogP contribution >= 0.6 is 0 Å². The maximum atomic E-state index is 13.5. The molecule has 0 aromatic heterocycles. The molecule has 2 N–H and O–H groups in total. The van der Waals surface area contributed by atoms with Crippen LogP contribution in [-0.2, 0) is 9.47 Å². The molecular formula is C14H21F2NO2. The van der Waals surface area contributed by atoms with Crippen LogP contribution in [0.5, 0.6) is 0 Å². The normalized spacial score (nSPS) is 13.6. The molecule has 0 saturated carbocycles. The van der Waals surface area contributed by atoms with Crippen LogP contribution in [0.25, 0.3) is 0 Å². The predicted octanol–water partition coefficient (Wildman–Crippen LogP) is 2.80. The van der Waals surface area contributed by atoms with Crippen molar-refractivity contribution in [2.24, 2.45) is 5.73 Å². The Balaban J connectivity index is 2.43. The molecule has 19 heavy (non-hydrogen) atoms. The first-order valence-electron chi connectivity index (χ1n) is 6.19. The number of hydrogen-bond acceptors (Lipinski definition) is 3. The van der Waals surface area contributed by atoms with Gasteiger partial charge in [0, 0.05) is 19.3 Å². The number of ether oxygens (including phenoxy) is 2. The van der Waals surface area contributed by atoms with E-state index in [1.807, 2.05) is 13.8 Å². The first-order chi connectivity index (χ1) is 8.85. The third kappa shape index (κ3) is 5.22. The van der Waals surface area contributed by atoms with E-state index in [1.165, 1.54) is 0 Å². The second-order valence-corrected chi connectivity index (χ2v) is 5.06. The van der Waals surface area contributed by atoms with Crippen molar-refractivity contribution in [1.82, 2.24) is 0 Å². The lowest BCUT2D eigenvalue weighted by atomic mass is 10.1. The second-order valence-electron chi connectivity index (χ2n) is 5.06. The fraction of sp³-hybridized carbons (Fsp3) is 0.571. The molecular weight excluding hydrogens is 252 g/mol. The highest BCUT2D eigenvalue weighted by Crippen LogP contribution is 2.18. The molecule has 1 rings (SSSR count). The molecule has 0 aliphatic carbocycles. The Kier molecular flexibility index (Phi) is 5.85. The Morgan fingerprint density at radius 1 is 1.32 bits per heavy atom. The minimum atomic E-state index is -0.679. The van der Waals surface area contributed by atoms with Gasteiger partial charge in [0.1, 0.15) is 11.6 Å². The molecule has 1 aromatic rings. The molecule has 0 radical (unpaired) electrons. The van der Waals surface area contributed by atoms with Crippen molar-refractivity contribution in [1.29, 1.82) is 0 Å². The number of benzene rings is 1. The fourth-order valence-electron chi connectivity index (χ4n) is 1.52. The predicted molar refractivity (Wildman–Crippen MR) is 69.8 cm³/mol. The van der Waals surface area contributed by atoms with E-state index < -0.39 is 17.7 Å². The van der Waals surface area contributed by atoms with Gasteiger partial charge in [-0.15, -0.1) is 0 Å². The number of methoxy groups -OCH3 is 1. The molecule has 1 unspecified atom stereocenters. The van der Waals surface area contributed by atoms with Crippen molar-refractivity contribution in [3.8, 4) is 0 Å². The summed E-state index contributed by atoms with van der Waals surface area (Å²) in [6.07, 6.45) is 0.696. The van der Waals surface area contributed by atoms with Crippen molar-refractivity contribution in [3.63, 3.8) is 0 Å². The summed E-state index contributed by atoms with van der Waals surface area (Å²) >= 11 is 0. The van der Waals surface area contributed by atoms with Gasteiger partial charge >= 0.3 is 0 Å². The largest absolute Gasteiger partial charge is 0.379 e. The topological polar surface area (TPSA) is 44.5 Å². The van der Waals surface area contributed by atoms with Gasteiger partial charge in [0.25, 0.3) is 0 Å². The highest BCUT2D eigenvalue weighted by molar-refractivity contribution is 5.22. The van der Waals surface area contributed by atoms with Crippen LogP contribution in [0.3, 0.4) is 0 Å². The van der Waals surface area contributed by atoms with Crippen LogP contribution in [0, 0.1) is 11.6 Å². The Morgan fingerprint density at radius 3 is 2.63 bits per heavy atom. The highest BCUT2D eigenvalue weighted by Gasteiger charge is 2.17. The van der Waals surface area contributed by atoms with Gasteiger partial charge in [-0.1, -0.05) is 0 Å². The first kappa shape index (κ1) is 16.0. The Morgan fingerprint density at radius 2 is 2.00 bits per heavy atom. The lowest BCUT2D eigenvalue weighted by molar-refractivity contribution is -0.0114. The lowest BCUT2D eigenvalue weighted by Crippen LogP contribution is -2.26. The third-order valence-electron chi connectivity index (χ3n) is 3.06. The molecule has 0 bridgehead atoms. The van der Waals surface area contributed by atoms with Crippen molar-refractivity contribution in [3.05, 3.63) is 35.4 Å². The zero-order valence-electron chi connectivity index (χ0n) is 11.6. The van der Waals surface area contributed by atoms with Gasteiger partial charge in [-0.2, -0.15) is 0 Å². The smallest absolute Gasteiger partial charge is 0.128 e. The van der Waals surface area contributed by atoms with Gasteiger partial charge in [-0.05, 0) is 38.5 Å². The monoisotopic (exact) mass is 273 g/mol. The summed E-state index contributed by atoms with van der Waals surface area (Å²) in [4.78, 5) is 0. The molecule has 5 heteroatoms. The van der Waals surface area contributed by atoms with Crippen molar-refractivity contribution in [2.75, 3.05) is 20.3 Å². The maximum absolute atomic E-state index is 13.5. The van der Waals surface area contributed by atoms with E-state index in [0.29, 0.717) is 13.0 Å². The molecule has 0 saturated heterocycles. The van der Waals surface area contributed by atoms with Gasteiger partial charge in [-0.3, -0.25) is 0 Å². The summed E-state index contributed by atoms with van der Waals surface area (Å²) < 4.78 is 37.1. The van der Waals surface area contributed by atoms with Gasteiger partial charge in [0.2, 0.25) is 0 Å². The van der Waals surface area contributed by atoms with Crippen LogP contribution in [-0.4, -0.2) is 25.9 Å². The zero-order valence-corrected chi connectivity index (χ0v) is 11.6. The van der Waals surface area contributed by atoms with Crippen LogP contribution in [0.15, 0.2) is 18.2 Å². The molecule has 0 aliphatic rings. The summed E-state index contributed by atoms with van der Waals surface area (Å²) in [6.45, 7) is 4.48. The van der Waals surface area contributed by atoms with E-state index in [9.17, 15) is 8.78 Å². The maximum Gasteiger partial charge on any atom is 0.128 e. The molecule has 1 aromatic carbocycles. The van der Waals surface area contributed by atoms with Crippen molar-refractivity contribution in [2.45, 2.75) is 31.9 Å². The minimum Gasteiger partial charge on any atom is -0.379 e. The number of rotatable bonds is 7.